The standard InChI is InChI=1S/C21H29FN4O/c1-2-3-6-18-15-20(26-13-5-4-7-19(26)12-14-27)25-21(24-18)23-17-10-8-16(22)9-11-17/h8-11,15,19,27H,2-7,12-14H2,1H3,(H,23,24,25). The molecule has 1 saturated heterocycles. The summed E-state index contributed by atoms with van der Waals surface area (Å²) in [6, 6.07) is 8.62. The van der Waals surface area contributed by atoms with Crippen molar-refractivity contribution in [3.05, 3.63) is 41.8 Å². The van der Waals surface area contributed by atoms with Crippen LogP contribution >= 0.6 is 0 Å². The van der Waals surface area contributed by atoms with E-state index >= 15 is 0 Å². The number of benzene rings is 1. The van der Waals surface area contributed by atoms with Gasteiger partial charge < -0.3 is 15.3 Å². The van der Waals surface area contributed by atoms with Gasteiger partial charge in [0.25, 0.3) is 0 Å². The molecule has 0 aliphatic carbocycles. The number of piperidine rings is 1. The Bertz CT molecular complexity index is 721. The molecule has 2 aromatic rings. The van der Waals surface area contributed by atoms with Crippen molar-refractivity contribution >= 4 is 17.5 Å². The Morgan fingerprint density at radius 3 is 2.78 bits per heavy atom. The first kappa shape index (κ1) is 19.5. The number of hydrogen-bond donors (Lipinski definition) is 2. The van der Waals surface area contributed by atoms with Gasteiger partial charge in [0.05, 0.1) is 0 Å². The van der Waals surface area contributed by atoms with Crippen molar-refractivity contribution in [2.45, 2.75) is 57.9 Å². The molecule has 0 radical (unpaired) electrons. The number of nitrogens with one attached hydrogen (secondary N) is 1. The lowest BCUT2D eigenvalue weighted by molar-refractivity contribution is 0.262. The van der Waals surface area contributed by atoms with Crippen molar-refractivity contribution in [2.24, 2.45) is 0 Å². The van der Waals surface area contributed by atoms with Crippen LogP contribution in [0.15, 0.2) is 30.3 Å². The molecule has 1 aliphatic rings. The molecule has 1 aromatic carbocycles. The van der Waals surface area contributed by atoms with Crippen LogP contribution < -0.4 is 10.2 Å². The quantitative estimate of drug-likeness (QED) is 0.717. The van der Waals surface area contributed by atoms with Crippen LogP contribution in [0.5, 0.6) is 0 Å². The molecule has 5 nitrogen and oxygen atoms in total. The van der Waals surface area contributed by atoms with Gasteiger partial charge in [-0.1, -0.05) is 13.3 Å². The number of anilines is 3. The van der Waals surface area contributed by atoms with Gasteiger partial charge in [-0.3, -0.25) is 0 Å². The van der Waals surface area contributed by atoms with Gasteiger partial charge in [0, 0.05) is 36.6 Å². The minimum Gasteiger partial charge on any atom is -0.396 e. The zero-order valence-electron chi connectivity index (χ0n) is 16.0. The first-order valence-electron chi connectivity index (χ1n) is 9.97. The summed E-state index contributed by atoms with van der Waals surface area (Å²) in [6.07, 6.45) is 7.25. The van der Waals surface area contributed by atoms with Crippen molar-refractivity contribution in [2.75, 3.05) is 23.4 Å². The Kier molecular flexibility index (Phi) is 6.98. The molecule has 27 heavy (non-hydrogen) atoms. The van der Waals surface area contributed by atoms with Crippen molar-refractivity contribution < 1.29 is 9.50 Å². The second-order valence-electron chi connectivity index (χ2n) is 7.13. The summed E-state index contributed by atoms with van der Waals surface area (Å²) in [6.45, 7) is 3.31. The second-order valence-corrected chi connectivity index (χ2v) is 7.13. The fourth-order valence-corrected chi connectivity index (χ4v) is 3.59. The van der Waals surface area contributed by atoms with Gasteiger partial charge in [0.2, 0.25) is 5.95 Å². The van der Waals surface area contributed by atoms with Crippen LogP contribution in [0.4, 0.5) is 21.8 Å². The molecule has 0 amide bonds. The Morgan fingerprint density at radius 1 is 1.22 bits per heavy atom. The molecular formula is C21H29FN4O. The number of aliphatic hydroxyl groups is 1. The summed E-state index contributed by atoms with van der Waals surface area (Å²) in [7, 11) is 0. The van der Waals surface area contributed by atoms with Crippen LogP contribution in [-0.2, 0) is 6.42 Å². The molecule has 2 N–H and O–H groups in total. The summed E-state index contributed by atoms with van der Waals surface area (Å²) in [5.41, 5.74) is 1.78. The van der Waals surface area contributed by atoms with E-state index in [4.69, 9.17) is 4.98 Å². The lowest BCUT2D eigenvalue weighted by Crippen LogP contribution is -2.40. The summed E-state index contributed by atoms with van der Waals surface area (Å²) in [5.74, 6) is 1.19. The highest BCUT2D eigenvalue weighted by Crippen LogP contribution is 2.27. The second kappa shape index (κ2) is 9.65. The van der Waals surface area contributed by atoms with E-state index in [1.165, 1.54) is 18.6 Å². The molecule has 6 heteroatoms. The van der Waals surface area contributed by atoms with Crippen LogP contribution in [0.2, 0.25) is 0 Å². The third-order valence-corrected chi connectivity index (χ3v) is 5.04. The number of rotatable bonds is 8. The molecule has 1 atom stereocenters. The molecule has 1 aliphatic heterocycles. The fourth-order valence-electron chi connectivity index (χ4n) is 3.59. The van der Waals surface area contributed by atoms with Crippen molar-refractivity contribution in [1.82, 2.24) is 9.97 Å². The minimum absolute atomic E-state index is 0.190. The molecular weight excluding hydrogens is 343 g/mol. The number of halogens is 1. The molecule has 1 unspecified atom stereocenters. The van der Waals surface area contributed by atoms with Gasteiger partial charge >= 0.3 is 0 Å². The van der Waals surface area contributed by atoms with Gasteiger partial charge in [-0.2, -0.15) is 4.98 Å². The SMILES string of the molecule is CCCCc1cc(N2CCCCC2CCO)nc(Nc2ccc(F)cc2)n1. The van der Waals surface area contributed by atoms with Crippen molar-refractivity contribution in [3.63, 3.8) is 0 Å². The number of unbranched alkanes of at least 4 members (excludes halogenated alkanes) is 1. The minimum atomic E-state index is -0.265. The van der Waals surface area contributed by atoms with E-state index in [-0.39, 0.29) is 12.4 Å². The van der Waals surface area contributed by atoms with E-state index in [2.05, 4.69) is 28.2 Å². The number of aryl methyl sites for hydroxylation is 1. The highest BCUT2D eigenvalue weighted by Gasteiger charge is 2.24. The summed E-state index contributed by atoms with van der Waals surface area (Å²) in [5, 5.41) is 12.6. The van der Waals surface area contributed by atoms with Crippen molar-refractivity contribution in [3.8, 4) is 0 Å². The Balaban J connectivity index is 1.88. The monoisotopic (exact) mass is 372 g/mol. The Hall–Kier alpha value is -2.21. The predicted molar refractivity (Wildman–Crippen MR) is 107 cm³/mol. The summed E-state index contributed by atoms with van der Waals surface area (Å²) in [4.78, 5) is 11.7. The fraction of sp³-hybridized carbons (Fsp3) is 0.524. The third-order valence-electron chi connectivity index (χ3n) is 5.04. The average molecular weight is 372 g/mol. The van der Waals surface area contributed by atoms with Gasteiger partial charge in [-0.25, -0.2) is 9.37 Å². The third kappa shape index (κ3) is 5.39. The first-order valence-corrected chi connectivity index (χ1v) is 9.97. The number of hydrogen-bond acceptors (Lipinski definition) is 5. The summed E-state index contributed by atoms with van der Waals surface area (Å²) < 4.78 is 13.2. The smallest absolute Gasteiger partial charge is 0.229 e. The molecule has 146 valence electrons. The number of aliphatic hydroxyl groups excluding tert-OH is 1. The normalized spacial score (nSPS) is 17.1. The predicted octanol–water partition coefficient (Wildman–Crippen LogP) is 4.44. The van der Waals surface area contributed by atoms with Crippen LogP contribution in [0.3, 0.4) is 0 Å². The molecule has 1 aromatic heterocycles. The average Bonchev–Trinajstić information content (AvgIpc) is 2.69. The van der Waals surface area contributed by atoms with Gasteiger partial charge in [-0.15, -0.1) is 0 Å². The topological polar surface area (TPSA) is 61.3 Å². The lowest BCUT2D eigenvalue weighted by atomic mass is 9.99. The van der Waals surface area contributed by atoms with Crippen LogP contribution in [0.1, 0.15) is 51.1 Å². The van der Waals surface area contributed by atoms with Crippen LogP contribution in [0, 0.1) is 5.82 Å². The molecule has 2 heterocycles. The van der Waals surface area contributed by atoms with E-state index in [1.54, 1.807) is 12.1 Å². The van der Waals surface area contributed by atoms with E-state index in [1.807, 2.05) is 0 Å². The van der Waals surface area contributed by atoms with E-state index in [0.29, 0.717) is 12.0 Å². The van der Waals surface area contributed by atoms with Gasteiger partial charge in [0.15, 0.2) is 0 Å². The lowest BCUT2D eigenvalue weighted by Gasteiger charge is -2.36. The maximum atomic E-state index is 13.2. The van der Waals surface area contributed by atoms with Crippen LogP contribution in [-0.4, -0.2) is 34.3 Å². The Labute approximate surface area is 160 Å². The zero-order chi connectivity index (χ0) is 19.1. The highest BCUT2D eigenvalue weighted by atomic mass is 19.1. The van der Waals surface area contributed by atoms with Gasteiger partial charge in [0.1, 0.15) is 11.6 Å². The highest BCUT2D eigenvalue weighted by molar-refractivity contribution is 5.56. The Morgan fingerprint density at radius 2 is 2.04 bits per heavy atom. The summed E-state index contributed by atoms with van der Waals surface area (Å²) >= 11 is 0. The van der Waals surface area contributed by atoms with Gasteiger partial charge in [-0.05, 0) is 62.8 Å². The molecule has 0 spiro atoms. The largest absolute Gasteiger partial charge is 0.396 e. The number of nitrogens with zero attached hydrogens (tertiary/aromatic N) is 3. The number of aromatic nitrogens is 2. The molecule has 3 rings (SSSR count). The van der Waals surface area contributed by atoms with E-state index < -0.39 is 0 Å². The maximum absolute atomic E-state index is 13.2. The molecule has 0 saturated carbocycles. The van der Waals surface area contributed by atoms with E-state index in [0.717, 1.165) is 62.3 Å². The first-order chi connectivity index (χ1) is 13.2. The van der Waals surface area contributed by atoms with Crippen LogP contribution in [0.25, 0.3) is 0 Å². The van der Waals surface area contributed by atoms with E-state index in [9.17, 15) is 9.50 Å². The van der Waals surface area contributed by atoms with Crippen molar-refractivity contribution in [1.29, 1.82) is 0 Å². The maximum Gasteiger partial charge on any atom is 0.229 e. The molecule has 1 fully saturated rings. The molecule has 0 bridgehead atoms. The zero-order valence-corrected chi connectivity index (χ0v) is 16.0.